The van der Waals surface area contributed by atoms with Crippen LogP contribution in [-0.4, -0.2) is 47.4 Å². The van der Waals surface area contributed by atoms with Gasteiger partial charge >= 0.3 is 5.97 Å². The molecule has 0 saturated heterocycles. The highest BCUT2D eigenvalue weighted by Crippen LogP contribution is 2.27. The fourth-order valence-corrected chi connectivity index (χ4v) is 3.22. The molecule has 0 aromatic carbocycles. The normalized spacial score (nSPS) is 35.4. The van der Waals surface area contributed by atoms with Gasteiger partial charge in [0.05, 0.1) is 19.5 Å². The Labute approximate surface area is 161 Å². The van der Waals surface area contributed by atoms with Crippen LogP contribution < -0.4 is 0 Å². The number of carbonyl (C=O) groups excluding carboxylic acids is 2. The Morgan fingerprint density at radius 1 is 1.37 bits per heavy atom. The molecule has 4 atom stereocenters. The van der Waals surface area contributed by atoms with Crippen LogP contribution in [0.4, 0.5) is 0 Å². The quantitative estimate of drug-likeness (QED) is 0.578. The average Bonchev–Trinajstić information content (AvgIpc) is 2.62. The van der Waals surface area contributed by atoms with Crippen LogP contribution in [0.15, 0.2) is 35.6 Å². The number of rotatable bonds is 3. The van der Waals surface area contributed by atoms with Crippen LogP contribution in [0.25, 0.3) is 0 Å². The van der Waals surface area contributed by atoms with Crippen molar-refractivity contribution in [1.29, 1.82) is 0 Å². The number of aliphatic hydroxyl groups excluding tert-OH is 1. The second-order valence-electron chi connectivity index (χ2n) is 7.35. The summed E-state index contributed by atoms with van der Waals surface area (Å²) in [6, 6.07) is 0. The number of esters is 1. The summed E-state index contributed by atoms with van der Waals surface area (Å²) in [6.45, 7) is 10.3. The van der Waals surface area contributed by atoms with E-state index in [1.807, 2.05) is 26.8 Å². The van der Waals surface area contributed by atoms with E-state index in [4.69, 9.17) is 9.47 Å². The van der Waals surface area contributed by atoms with E-state index >= 15 is 0 Å². The van der Waals surface area contributed by atoms with Crippen molar-refractivity contribution in [3.8, 4) is 0 Å². The molecule has 0 aromatic heterocycles. The minimum Gasteiger partial charge on any atom is -0.501 e. The summed E-state index contributed by atoms with van der Waals surface area (Å²) in [5.41, 5.74) is -0.402. The van der Waals surface area contributed by atoms with Gasteiger partial charge in [0.25, 0.3) is 0 Å². The van der Waals surface area contributed by atoms with Gasteiger partial charge in [-0.25, -0.2) is 0 Å². The van der Waals surface area contributed by atoms with Gasteiger partial charge in [0.15, 0.2) is 11.4 Å². The van der Waals surface area contributed by atoms with Crippen molar-refractivity contribution < 1.29 is 29.3 Å². The van der Waals surface area contributed by atoms with Crippen LogP contribution in [0.2, 0.25) is 0 Å². The van der Waals surface area contributed by atoms with E-state index in [-0.39, 0.29) is 12.3 Å². The number of aliphatic hydroxyl groups is 2. The predicted molar refractivity (Wildman–Crippen MR) is 103 cm³/mol. The Bertz CT molecular complexity index is 633. The van der Waals surface area contributed by atoms with Crippen LogP contribution in [0.5, 0.6) is 0 Å². The number of cyclic esters (lactones) is 1. The molecule has 0 saturated carbocycles. The van der Waals surface area contributed by atoms with Crippen molar-refractivity contribution in [3.63, 3.8) is 0 Å². The van der Waals surface area contributed by atoms with Crippen molar-refractivity contribution in [3.05, 3.63) is 35.6 Å². The van der Waals surface area contributed by atoms with Gasteiger partial charge in [0.1, 0.15) is 12.0 Å². The van der Waals surface area contributed by atoms with Crippen molar-refractivity contribution in [1.82, 2.24) is 0 Å². The molecule has 6 nitrogen and oxygen atoms in total. The third kappa shape index (κ3) is 6.04. The zero-order valence-corrected chi connectivity index (χ0v) is 16.9. The second kappa shape index (κ2) is 9.85. The molecule has 0 bridgehead atoms. The zero-order valence-electron chi connectivity index (χ0n) is 16.9. The Morgan fingerprint density at radius 3 is 2.52 bits per heavy atom. The molecule has 152 valence electrons. The number of hydrogen-bond acceptors (Lipinski definition) is 6. The molecule has 1 aliphatic heterocycles. The van der Waals surface area contributed by atoms with Crippen molar-refractivity contribution in [2.75, 3.05) is 13.7 Å². The maximum absolute atomic E-state index is 12.7. The topological polar surface area (TPSA) is 93.1 Å². The Balaban J connectivity index is 3.38. The lowest BCUT2D eigenvalue weighted by atomic mass is 9.86. The molecule has 0 fully saturated rings. The summed E-state index contributed by atoms with van der Waals surface area (Å²) in [5.74, 6) is -2.33. The summed E-state index contributed by atoms with van der Waals surface area (Å²) < 4.78 is 10.8. The number of allylic oxidation sites excluding steroid dienone is 3. The maximum Gasteiger partial charge on any atom is 0.316 e. The molecule has 6 heteroatoms. The first-order chi connectivity index (χ1) is 12.6. The van der Waals surface area contributed by atoms with E-state index in [2.05, 4.69) is 6.58 Å². The molecule has 0 aliphatic carbocycles. The predicted octanol–water partition coefficient (Wildman–Crippen LogP) is 2.70. The standard InChI is InChI=1S/C21H32O6/c1-7-18-15(4)9-13(2)8-14(3)10-17(26-6)11-21(25,12-22)19(23)16(5)20(24)27-18/h9-10,14,16,18,22,25H,2,7-8,11-12H2,1,3-6H3/b15-9+,17-10-/t14-,16+,18-,21-/m0/s1. The van der Waals surface area contributed by atoms with Crippen molar-refractivity contribution >= 4 is 11.8 Å². The fraction of sp³-hybridized carbons (Fsp3) is 0.619. The highest BCUT2D eigenvalue weighted by Gasteiger charge is 2.42. The van der Waals surface area contributed by atoms with Crippen molar-refractivity contribution in [2.24, 2.45) is 11.8 Å². The molecular formula is C21H32O6. The summed E-state index contributed by atoms with van der Waals surface area (Å²) in [5, 5.41) is 20.4. The SMILES string of the molecule is C=C1/C=C(\C)[C@H](CC)OC(=O)[C@H](C)C(=O)[C@@](O)(CO)C/C(OC)=C/[C@@H](C)C1. The van der Waals surface area contributed by atoms with Gasteiger partial charge < -0.3 is 19.7 Å². The van der Waals surface area contributed by atoms with Gasteiger partial charge in [-0.2, -0.15) is 0 Å². The molecule has 0 aromatic rings. The number of hydrogen-bond donors (Lipinski definition) is 2. The van der Waals surface area contributed by atoms with Crippen LogP contribution in [0, 0.1) is 11.8 Å². The Morgan fingerprint density at radius 2 is 2.00 bits per heavy atom. The molecule has 0 amide bonds. The monoisotopic (exact) mass is 380 g/mol. The van der Waals surface area contributed by atoms with Gasteiger partial charge in [0.2, 0.25) is 0 Å². The minimum atomic E-state index is -2.12. The van der Waals surface area contributed by atoms with E-state index in [1.165, 1.54) is 14.0 Å². The van der Waals surface area contributed by atoms with Crippen LogP contribution in [0.3, 0.4) is 0 Å². The van der Waals surface area contributed by atoms with Gasteiger partial charge in [-0.05, 0) is 44.3 Å². The molecular weight excluding hydrogens is 348 g/mol. The molecule has 1 aliphatic rings. The first kappa shape index (κ1) is 23.1. The van der Waals surface area contributed by atoms with Gasteiger partial charge in [-0.3, -0.25) is 9.59 Å². The number of ketones is 1. The largest absolute Gasteiger partial charge is 0.501 e. The van der Waals surface area contributed by atoms with E-state index in [0.29, 0.717) is 18.6 Å². The Kier molecular flexibility index (Phi) is 8.44. The maximum atomic E-state index is 12.7. The molecule has 2 N–H and O–H groups in total. The molecule has 0 spiro atoms. The number of methoxy groups -OCH3 is 1. The van der Waals surface area contributed by atoms with Crippen LogP contribution in [0.1, 0.15) is 47.0 Å². The fourth-order valence-electron chi connectivity index (χ4n) is 3.22. The summed E-state index contributed by atoms with van der Waals surface area (Å²) >= 11 is 0. The number of carbonyl (C=O) groups is 2. The van der Waals surface area contributed by atoms with Gasteiger partial charge in [-0.1, -0.05) is 32.1 Å². The van der Waals surface area contributed by atoms with Gasteiger partial charge in [0, 0.05) is 6.42 Å². The van der Waals surface area contributed by atoms with E-state index in [0.717, 1.165) is 11.1 Å². The summed E-state index contributed by atoms with van der Waals surface area (Å²) in [4.78, 5) is 25.2. The molecule has 0 radical (unpaired) electrons. The molecule has 1 heterocycles. The molecule has 27 heavy (non-hydrogen) atoms. The lowest BCUT2D eigenvalue weighted by molar-refractivity contribution is -0.162. The number of Topliss-reactive ketones (excluding diaryl/α,β-unsaturated/α-hetero) is 1. The summed E-state index contributed by atoms with van der Waals surface area (Å²) in [6.07, 6.45) is 4.19. The van der Waals surface area contributed by atoms with Crippen LogP contribution in [-0.2, 0) is 19.1 Å². The second-order valence-corrected chi connectivity index (χ2v) is 7.35. The first-order valence-corrected chi connectivity index (χ1v) is 9.26. The smallest absolute Gasteiger partial charge is 0.316 e. The molecule has 1 rings (SSSR count). The van der Waals surface area contributed by atoms with Gasteiger partial charge in [-0.15, -0.1) is 0 Å². The lowest BCUT2D eigenvalue weighted by Crippen LogP contribution is -2.48. The highest BCUT2D eigenvalue weighted by molar-refractivity contribution is 6.03. The zero-order chi connectivity index (χ0) is 20.8. The molecule has 0 unspecified atom stereocenters. The van der Waals surface area contributed by atoms with E-state index in [1.54, 1.807) is 6.08 Å². The van der Waals surface area contributed by atoms with E-state index in [9.17, 15) is 19.8 Å². The third-order valence-electron chi connectivity index (χ3n) is 4.82. The minimum absolute atomic E-state index is 0.0394. The Hall–Kier alpha value is -1.92. The summed E-state index contributed by atoms with van der Waals surface area (Å²) in [7, 11) is 1.44. The first-order valence-electron chi connectivity index (χ1n) is 9.26. The highest BCUT2D eigenvalue weighted by atomic mass is 16.5. The van der Waals surface area contributed by atoms with E-state index < -0.39 is 36.0 Å². The average molecular weight is 380 g/mol. The lowest BCUT2D eigenvalue weighted by Gasteiger charge is -2.29. The van der Waals surface area contributed by atoms with Crippen molar-refractivity contribution in [2.45, 2.75) is 58.7 Å². The number of ether oxygens (including phenoxy) is 2. The van der Waals surface area contributed by atoms with Crippen LogP contribution >= 0.6 is 0 Å². The third-order valence-corrected chi connectivity index (χ3v) is 4.82.